The van der Waals surface area contributed by atoms with Crippen LogP contribution in [0.5, 0.6) is 0 Å². The third-order valence-electron chi connectivity index (χ3n) is 32.9. The van der Waals surface area contributed by atoms with E-state index in [-0.39, 0.29) is 21.7 Å². The molecule has 0 aliphatic heterocycles. The summed E-state index contributed by atoms with van der Waals surface area (Å²) in [5.74, 6) is 0. The van der Waals surface area contributed by atoms with Gasteiger partial charge in [0.2, 0.25) is 0 Å². The molecule has 0 N–H and O–H groups in total. The van der Waals surface area contributed by atoms with Crippen molar-refractivity contribution in [2.45, 2.75) is 77.0 Å². The van der Waals surface area contributed by atoms with E-state index >= 15 is 0 Å². The van der Waals surface area contributed by atoms with Crippen molar-refractivity contribution in [1.29, 1.82) is 0 Å². The Bertz CT molecular complexity index is 10100. The van der Waals surface area contributed by atoms with Crippen molar-refractivity contribution in [3.8, 4) is 117 Å². The van der Waals surface area contributed by atoms with Gasteiger partial charge in [-0.2, -0.15) is 0 Å². The summed E-state index contributed by atoms with van der Waals surface area (Å²) in [5, 5.41) is 14.7. The molecule has 0 saturated carbocycles. The Morgan fingerprint density at radius 2 is 0.424 bits per heavy atom. The maximum atomic E-state index is 6.45. The van der Waals surface area contributed by atoms with Crippen LogP contribution in [0, 0.1) is 0 Å². The first-order valence-corrected chi connectivity index (χ1v) is 50.4. The maximum absolute atomic E-state index is 6.45. The van der Waals surface area contributed by atoms with Gasteiger partial charge in [-0.05, 0) is 261 Å². The van der Waals surface area contributed by atoms with Gasteiger partial charge >= 0.3 is 0 Å². The minimum absolute atomic E-state index is 0.0269. The molecule has 682 valence electrons. The molecular formula is C138H97N3O3. The summed E-state index contributed by atoms with van der Waals surface area (Å²) >= 11 is 0. The number of rotatable bonds is 8. The van der Waals surface area contributed by atoms with Gasteiger partial charge in [-0.1, -0.05) is 371 Å². The third-order valence-corrected chi connectivity index (χ3v) is 32.9. The Kier molecular flexibility index (Phi) is 17.9. The van der Waals surface area contributed by atoms with Crippen molar-refractivity contribution in [2.75, 3.05) is 0 Å². The van der Waals surface area contributed by atoms with E-state index in [9.17, 15) is 0 Å². The summed E-state index contributed by atoms with van der Waals surface area (Å²) < 4.78 is 26.2. The highest BCUT2D eigenvalue weighted by molar-refractivity contribution is 6.17. The number of furan rings is 3. The van der Waals surface area contributed by atoms with Crippen LogP contribution in [0.1, 0.15) is 99.9 Å². The fourth-order valence-corrected chi connectivity index (χ4v) is 25.5. The van der Waals surface area contributed by atoms with Crippen molar-refractivity contribution >= 4 is 131 Å². The van der Waals surface area contributed by atoms with Crippen LogP contribution >= 0.6 is 0 Å². The molecule has 6 nitrogen and oxygen atoms in total. The molecule has 0 spiro atoms. The number of hydrogen-bond acceptors (Lipinski definition) is 3. The molecule has 0 atom stereocenters. The number of benzene rings is 21. The molecule has 144 heavy (non-hydrogen) atoms. The first-order chi connectivity index (χ1) is 70.4. The number of nitrogens with zero attached hydrogens (tertiary/aromatic N) is 3. The van der Waals surface area contributed by atoms with Crippen LogP contribution in [-0.2, 0) is 21.7 Å². The zero-order valence-electron chi connectivity index (χ0n) is 81.2. The van der Waals surface area contributed by atoms with E-state index in [1.54, 1.807) is 0 Å². The van der Waals surface area contributed by atoms with Crippen LogP contribution in [-0.4, -0.2) is 13.7 Å². The molecule has 0 radical (unpaired) electrons. The van der Waals surface area contributed by atoms with Crippen LogP contribution in [0.4, 0.5) is 0 Å². The highest BCUT2D eigenvalue weighted by Gasteiger charge is 2.42. The average molecular weight is 1850 g/mol. The van der Waals surface area contributed by atoms with Crippen molar-refractivity contribution in [3.63, 3.8) is 0 Å². The second kappa shape index (κ2) is 31.0. The number of hydrogen-bond donors (Lipinski definition) is 0. The Labute approximate surface area is 833 Å². The normalized spacial score (nSPS) is 14.1. The third kappa shape index (κ3) is 12.3. The molecule has 6 aromatic heterocycles. The molecule has 0 bridgehead atoms. The molecule has 6 heterocycles. The minimum Gasteiger partial charge on any atom is -0.456 e. The summed E-state index contributed by atoms with van der Waals surface area (Å²) in [6.07, 6.45) is 0. The second-order valence-corrected chi connectivity index (χ2v) is 42.0. The molecule has 4 aliphatic rings. The summed E-state index contributed by atoms with van der Waals surface area (Å²) in [5.41, 5.74) is 50.0. The van der Waals surface area contributed by atoms with Crippen molar-refractivity contribution in [2.24, 2.45) is 0 Å². The van der Waals surface area contributed by atoms with Crippen LogP contribution < -0.4 is 0 Å². The highest BCUT2D eigenvalue weighted by Crippen LogP contribution is 2.58. The van der Waals surface area contributed by atoms with E-state index in [0.29, 0.717) is 0 Å². The Morgan fingerprint density at radius 3 is 0.861 bits per heavy atom. The standard InChI is InChI=1S/C48H35NO.2C45H31NO/c1-47(2)39-17-8-5-12-31(39)37-27-44-38(26-42(37)47)34-13-6-9-18-43(34)49(44)29-21-23-33-32-22-20-28(24-40(32)48(3,4)41(33)25-29)30-15-11-16-36-35-14-7-10-19-45(35)50-46(30)36;1-45(2)39-15-6-3-10-33(39)37-27-42-38(26-40(37)45)34-11-4-7-16-41(34)46(42)31-24-22-29(23-25-31)28-18-20-30(21-19-28)32-13-9-14-36-35-12-5-8-17-43(35)47-44(32)36;1-45(2)39-12-6-3-9-33(39)36-27-42-37(26-40(36)45)34-10-4-7-13-41(34)46(42)32-22-19-29(20-23-32)28-15-17-30(18-16-28)31-21-24-44-38(25-31)35-11-5-8-14-43(35)47-44/h5-27H,1-4H3;2*3-27H,1-2H3. The fourth-order valence-electron chi connectivity index (χ4n) is 25.5. The first kappa shape index (κ1) is 83.4. The van der Waals surface area contributed by atoms with E-state index in [1.807, 2.05) is 30.3 Å². The van der Waals surface area contributed by atoms with Crippen LogP contribution in [0.25, 0.3) is 248 Å². The molecule has 4 aliphatic carbocycles. The quantitative estimate of drug-likeness (QED) is 0.152. The van der Waals surface area contributed by atoms with Crippen LogP contribution in [0.3, 0.4) is 0 Å². The lowest BCUT2D eigenvalue weighted by Gasteiger charge is -2.23. The molecule has 0 saturated heterocycles. The smallest absolute Gasteiger partial charge is 0.143 e. The van der Waals surface area contributed by atoms with Crippen molar-refractivity contribution in [3.05, 3.63) is 487 Å². The highest BCUT2D eigenvalue weighted by atomic mass is 16.3. The van der Waals surface area contributed by atoms with Gasteiger partial charge in [0.15, 0.2) is 0 Å². The summed E-state index contributed by atoms with van der Waals surface area (Å²) in [7, 11) is 0. The second-order valence-electron chi connectivity index (χ2n) is 42.0. The van der Waals surface area contributed by atoms with Crippen molar-refractivity contribution < 1.29 is 13.3 Å². The molecular weight excluding hydrogens is 1750 g/mol. The molecule has 27 aromatic rings. The van der Waals surface area contributed by atoms with Gasteiger partial charge in [0.05, 0.1) is 33.1 Å². The molecule has 31 rings (SSSR count). The van der Waals surface area contributed by atoms with Gasteiger partial charge in [0.1, 0.15) is 33.5 Å². The lowest BCUT2D eigenvalue weighted by Crippen LogP contribution is -2.15. The van der Waals surface area contributed by atoms with E-state index in [0.717, 1.165) is 82.5 Å². The Hall–Kier alpha value is -17.6. The zero-order valence-corrected chi connectivity index (χ0v) is 81.2. The lowest BCUT2D eigenvalue weighted by atomic mass is 9.81. The minimum atomic E-state index is -0.179. The molecule has 6 heteroatoms. The lowest BCUT2D eigenvalue weighted by molar-refractivity contribution is 0.659. The number of aromatic nitrogens is 3. The van der Waals surface area contributed by atoms with Gasteiger partial charge in [0, 0.05) is 114 Å². The Morgan fingerprint density at radius 1 is 0.146 bits per heavy atom. The summed E-state index contributed by atoms with van der Waals surface area (Å²) in [6, 6.07) is 162. The zero-order chi connectivity index (χ0) is 96.1. The van der Waals surface area contributed by atoms with Crippen LogP contribution in [0.15, 0.2) is 456 Å². The molecule has 21 aromatic carbocycles. The van der Waals surface area contributed by atoms with Gasteiger partial charge < -0.3 is 27.0 Å². The maximum Gasteiger partial charge on any atom is 0.143 e. The van der Waals surface area contributed by atoms with Gasteiger partial charge in [0.25, 0.3) is 0 Å². The van der Waals surface area contributed by atoms with Crippen molar-refractivity contribution in [1.82, 2.24) is 13.7 Å². The SMILES string of the molecule is CC1(C)c2cc(-c3cccc4c3oc3ccccc34)ccc2-c2ccc(-n3c4ccccc4c4cc5c(cc43)-c3ccccc3C5(C)C)cc21.CC1(C)c2ccccc2-c2cc3c(cc21)c1ccccc1n3-c1ccc(-c2ccc(-c3ccc4oc5ccccc5c4c3)cc2)cc1.CC1(C)c2ccccc2-c2cc3c(cc21)c1ccccc1n3-c1ccc(-c2ccc(-c3cccc4c3oc3ccccc34)cc2)cc1. The topological polar surface area (TPSA) is 54.2 Å². The molecule has 0 fully saturated rings. The molecule has 0 amide bonds. The van der Waals surface area contributed by atoms with E-state index in [2.05, 4.69) is 482 Å². The van der Waals surface area contributed by atoms with Gasteiger partial charge in [-0.3, -0.25) is 0 Å². The Balaban J connectivity index is 0.000000103. The largest absolute Gasteiger partial charge is 0.456 e. The average Bonchev–Trinajstić information content (AvgIpc) is 1.55. The van der Waals surface area contributed by atoms with Gasteiger partial charge in [-0.15, -0.1) is 0 Å². The van der Waals surface area contributed by atoms with Gasteiger partial charge in [-0.25, -0.2) is 0 Å². The monoisotopic (exact) mass is 1840 g/mol. The van der Waals surface area contributed by atoms with E-state index in [4.69, 9.17) is 13.3 Å². The summed E-state index contributed by atoms with van der Waals surface area (Å²) in [4.78, 5) is 0. The van der Waals surface area contributed by atoms with E-state index < -0.39 is 0 Å². The van der Waals surface area contributed by atoms with Crippen LogP contribution in [0.2, 0.25) is 0 Å². The predicted molar refractivity (Wildman–Crippen MR) is 602 cm³/mol. The first-order valence-electron chi connectivity index (χ1n) is 50.4. The summed E-state index contributed by atoms with van der Waals surface area (Å²) in [6.45, 7) is 18.9. The number of para-hydroxylation sites is 8. The van der Waals surface area contributed by atoms with E-state index in [1.165, 1.54) is 210 Å². The molecule has 0 unspecified atom stereocenters. The predicted octanol–water partition coefficient (Wildman–Crippen LogP) is 37.6. The fraction of sp³-hybridized carbons (Fsp3) is 0.0870. The number of fused-ring (bicyclic) bond motifs is 30.